The lowest BCUT2D eigenvalue weighted by molar-refractivity contribution is -0.136. The summed E-state index contributed by atoms with van der Waals surface area (Å²) < 4.78 is 5.39. The van der Waals surface area contributed by atoms with Crippen molar-refractivity contribution < 1.29 is 14.5 Å². The molecule has 1 aliphatic rings. The second-order valence-corrected chi connectivity index (χ2v) is 7.80. The molecule has 0 bridgehead atoms. The Labute approximate surface area is 142 Å². The third-order valence-corrected chi connectivity index (χ3v) is 6.07. The van der Waals surface area contributed by atoms with E-state index >= 15 is 0 Å². The van der Waals surface area contributed by atoms with E-state index in [0.717, 1.165) is 27.8 Å². The fourth-order valence-corrected chi connectivity index (χ4v) is 4.68. The number of thiophene rings is 1. The first-order chi connectivity index (χ1) is 11.1. The number of rotatable bonds is 5. The maximum Gasteiger partial charge on any atom is 0.263 e. The molecule has 0 radical (unpaired) electrons. The van der Waals surface area contributed by atoms with Gasteiger partial charge in [-0.1, -0.05) is 5.16 Å². The molecule has 0 unspecified atom stereocenters. The summed E-state index contributed by atoms with van der Waals surface area (Å²) in [5.74, 6) is 2.13. The lowest BCUT2D eigenvalue weighted by Gasteiger charge is -2.35. The van der Waals surface area contributed by atoms with Gasteiger partial charge < -0.3 is 4.52 Å². The van der Waals surface area contributed by atoms with Gasteiger partial charge in [0.25, 0.3) is 5.91 Å². The van der Waals surface area contributed by atoms with E-state index in [0.29, 0.717) is 19.4 Å². The third-order valence-electron chi connectivity index (χ3n) is 4.02. The summed E-state index contributed by atoms with van der Waals surface area (Å²) in [6.07, 6.45) is 1.36. The molecule has 1 fully saturated rings. The highest BCUT2D eigenvalue weighted by atomic mass is 32.2. The highest BCUT2D eigenvalue weighted by molar-refractivity contribution is 7.99. The number of hydrogen-bond acceptors (Lipinski definition) is 7. The molecule has 1 aliphatic heterocycles. The Bertz CT molecular complexity index is 677. The Morgan fingerprint density at radius 3 is 2.87 bits per heavy atom. The summed E-state index contributed by atoms with van der Waals surface area (Å²) >= 11 is 3.43. The highest BCUT2D eigenvalue weighted by Gasteiger charge is 2.39. The predicted octanol–water partition coefficient (Wildman–Crippen LogP) is 2.57. The van der Waals surface area contributed by atoms with Crippen LogP contribution in [-0.4, -0.2) is 33.3 Å². The lowest BCUT2D eigenvalue weighted by Crippen LogP contribution is -2.58. The summed E-state index contributed by atoms with van der Waals surface area (Å²) in [5, 5.41) is 18.4. The summed E-state index contributed by atoms with van der Waals surface area (Å²) in [7, 11) is 0. The first kappa shape index (κ1) is 16.5. The minimum absolute atomic E-state index is 0.379. The fraction of sp³-hybridized carbons (Fsp3) is 0.467. The molecule has 23 heavy (non-hydrogen) atoms. The Balaban J connectivity index is 1.69. The van der Waals surface area contributed by atoms with Crippen LogP contribution in [0.25, 0.3) is 10.6 Å². The van der Waals surface area contributed by atoms with Gasteiger partial charge in [-0.25, -0.2) is 5.48 Å². The maximum atomic E-state index is 12.1. The average molecular weight is 353 g/mol. The van der Waals surface area contributed by atoms with Crippen LogP contribution < -0.4 is 10.8 Å². The second-order valence-electron chi connectivity index (χ2n) is 5.66. The zero-order valence-corrected chi connectivity index (χ0v) is 14.4. The lowest BCUT2D eigenvalue weighted by atomic mass is 9.91. The van der Waals surface area contributed by atoms with Crippen LogP contribution in [0.1, 0.15) is 24.1 Å². The predicted molar refractivity (Wildman–Crippen MR) is 90.6 cm³/mol. The molecule has 0 saturated carbocycles. The number of nitrogens with one attached hydrogen (secondary N) is 2. The van der Waals surface area contributed by atoms with Crippen molar-refractivity contribution in [1.82, 2.24) is 16.0 Å². The van der Waals surface area contributed by atoms with E-state index in [2.05, 4.69) is 21.9 Å². The van der Waals surface area contributed by atoms with Gasteiger partial charge >= 0.3 is 0 Å². The zero-order chi connectivity index (χ0) is 16.3. The molecule has 0 spiro atoms. The van der Waals surface area contributed by atoms with Crippen molar-refractivity contribution in [2.75, 3.05) is 11.5 Å². The molecule has 2 aromatic rings. The van der Waals surface area contributed by atoms with Crippen molar-refractivity contribution in [3.05, 3.63) is 28.8 Å². The quantitative estimate of drug-likeness (QED) is 0.566. The van der Waals surface area contributed by atoms with Gasteiger partial charge in [-0.05, 0) is 48.3 Å². The van der Waals surface area contributed by atoms with Crippen molar-refractivity contribution in [3.8, 4) is 10.6 Å². The summed E-state index contributed by atoms with van der Waals surface area (Å²) in [4.78, 5) is 13.1. The van der Waals surface area contributed by atoms with E-state index in [4.69, 9.17) is 9.73 Å². The van der Waals surface area contributed by atoms with E-state index in [-0.39, 0.29) is 5.91 Å². The van der Waals surface area contributed by atoms with Gasteiger partial charge in [0.05, 0.1) is 10.6 Å². The van der Waals surface area contributed by atoms with Crippen molar-refractivity contribution >= 4 is 29.0 Å². The minimum Gasteiger partial charge on any atom is -0.355 e. The second kappa shape index (κ2) is 7.04. The standard InChI is InChI=1S/C15H19N3O3S2/c1-10-6-13(23-9-10)12-7-11(18-21-12)8-16-15(14(19)17-20)2-4-22-5-3-15/h6-7,9,16,20H,2-5,8H2,1H3,(H,17,19). The highest BCUT2D eigenvalue weighted by Crippen LogP contribution is 2.29. The van der Waals surface area contributed by atoms with E-state index in [1.165, 1.54) is 5.56 Å². The molecule has 2 aromatic heterocycles. The first-order valence-electron chi connectivity index (χ1n) is 7.41. The van der Waals surface area contributed by atoms with Crippen molar-refractivity contribution in [2.24, 2.45) is 0 Å². The number of nitrogens with zero attached hydrogens (tertiary/aromatic N) is 1. The van der Waals surface area contributed by atoms with Gasteiger partial charge in [0.15, 0.2) is 5.76 Å². The molecule has 6 nitrogen and oxygen atoms in total. The SMILES string of the molecule is Cc1csc(-c2cc(CNC3(C(=O)NO)CCSCC3)no2)c1. The van der Waals surface area contributed by atoms with Crippen LogP contribution in [0.2, 0.25) is 0 Å². The largest absolute Gasteiger partial charge is 0.355 e. The molecule has 1 saturated heterocycles. The maximum absolute atomic E-state index is 12.1. The topological polar surface area (TPSA) is 87.4 Å². The molecule has 0 aromatic carbocycles. The van der Waals surface area contributed by atoms with Gasteiger partial charge in [0.1, 0.15) is 5.54 Å². The zero-order valence-electron chi connectivity index (χ0n) is 12.8. The van der Waals surface area contributed by atoms with Gasteiger partial charge in [0.2, 0.25) is 0 Å². The van der Waals surface area contributed by atoms with Gasteiger partial charge in [0, 0.05) is 12.6 Å². The number of carbonyl (C=O) groups is 1. The van der Waals surface area contributed by atoms with Gasteiger partial charge in [-0.2, -0.15) is 11.8 Å². The molecule has 1 amide bonds. The number of hydroxylamine groups is 1. The Morgan fingerprint density at radius 1 is 1.43 bits per heavy atom. The molecule has 124 valence electrons. The molecule has 3 rings (SSSR count). The van der Waals surface area contributed by atoms with Crippen molar-refractivity contribution in [1.29, 1.82) is 0 Å². The van der Waals surface area contributed by atoms with Crippen molar-refractivity contribution in [2.45, 2.75) is 31.8 Å². The first-order valence-corrected chi connectivity index (χ1v) is 9.45. The van der Waals surface area contributed by atoms with E-state index in [1.807, 2.05) is 24.8 Å². The number of thioether (sulfide) groups is 1. The van der Waals surface area contributed by atoms with E-state index in [9.17, 15) is 4.79 Å². The van der Waals surface area contributed by atoms with E-state index in [1.54, 1.807) is 16.8 Å². The molecule has 0 atom stereocenters. The van der Waals surface area contributed by atoms with Crippen LogP contribution in [0.15, 0.2) is 22.0 Å². The van der Waals surface area contributed by atoms with Crippen LogP contribution >= 0.6 is 23.1 Å². The smallest absolute Gasteiger partial charge is 0.263 e. The van der Waals surface area contributed by atoms with Crippen LogP contribution in [0, 0.1) is 6.92 Å². The van der Waals surface area contributed by atoms with Gasteiger partial charge in [-0.3, -0.25) is 15.3 Å². The Hall–Kier alpha value is -1.35. The molecule has 0 aliphatic carbocycles. The number of amides is 1. The fourth-order valence-electron chi connectivity index (χ4n) is 2.64. The summed E-state index contributed by atoms with van der Waals surface area (Å²) in [5.41, 5.74) is 2.99. The Kier molecular flexibility index (Phi) is 5.05. The normalized spacial score (nSPS) is 17.1. The van der Waals surface area contributed by atoms with Crippen LogP contribution in [0.5, 0.6) is 0 Å². The molecular formula is C15H19N3O3S2. The monoisotopic (exact) mass is 353 g/mol. The van der Waals surface area contributed by atoms with Crippen molar-refractivity contribution in [3.63, 3.8) is 0 Å². The van der Waals surface area contributed by atoms with Crippen LogP contribution in [-0.2, 0) is 11.3 Å². The van der Waals surface area contributed by atoms with Gasteiger partial charge in [-0.15, -0.1) is 11.3 Å². The molecular weight excluding hydrogens is 334 g/mol. The number of hydrogen-bond donors (Lipinski definition) is 3. The number of aryl methyl sites for hydroxylation is 1. The Morgan fingerprint density at radius 2 is 2.22 bits per heavy atom. The summed E-state index contributed by atoms with van der Waals surface area (Å²) in [6, 6.07) is 3.95. The summed E-state index contributed by atoms with van der Waals surface area (Å²) in [6.45, 7) is 2.46. The van der Waals surface area contributed by atoms with Crippen LogP contribution in [0.4, 0.5) is 0 Å². The van der Waals surface area contributed by atoms with Crippen LogP contribution in [0.3, 0.4) is 0 Å². The molecule has 3 N–H and O–H groups in total. The molecule has 3 heterocycles. The van der Waals surface area contributed by atoms with E-state index < -0.39 is 5.54 Å². The minimum atomic E-state index is -0.737. The number of aromatic nitrogens is 1. The third kappa shape index (κ3) is 3.60. The molecule has 8 heteroatoms. The number of carbonyl (C=O) groups excluding carboxylic acids is 1. The average Bonchev–Trinajstić information content (AvgIpc) is 3.22.